The van der Waals surface area contributed by atoms with Gasteiger partial charge in [0, 0.05) is 13.1 Å². The Labute approximate surface area is 118 Å². The number of hydrogen-bond donors (Lipinski definition) is 2. The lowest BCUT2D eigenvalue weighted by Crippen LogP contribution is -2.39. The van der Waals surface area contributed by atoms with Gasteiger partial charge in [-0.1, -0.05) is 6.07 Å². The number of nitrogens with zero attached hydrogens (tertiary/aromatic N) is 1. The van der Waals surface area contributed by atoms with E-state index in [-0.39, 0.29) is 11.6 Å². The molecule has 0 aromatic heterocycles. The molecule has 1 aliphatic heterocycles. The Morgan fingerprint density at radius 1 is 1.15 bits per heavy atom. The van der Waals surface area contributed by atoms with Crippen molar-refractivity contribution < 1.29 is 14.7 Å². The molecule has 1 aliphatic rings. The second-order valence-corrected chi connectivity index (χ2v) is 5.29. The van der Waals surface area contributed by atoms with Gasteiger partial charge < -0.3 is 15.3 Å². The first-order valence-electron chi connectivity index (χ1n) is 6.89. The first-order chi connectivity index (χ1) is 9.49. The molecule has 0 unspecified atom stereocenters. The number of aromatic carboxylic acids is 1. The number of piperidine rings is 1. The summed E-state index contributed by atoms with van der Waals surface area (Å²) >= 11 is 0. The molecule has 2 N–H and O–H groups in total. The van der Waals surface area contributed by atoms with Gasteiger partial charge in [0.1, 0.15) is 0 Å². The minimum atomic E-state index is -1.02. The number of aryl methyl sites for hydroxylation is 2. The van der Waals surface area contributed by atoms with Crippen molar-refractivity contribution in [1.82, 2.24) is 4.90 Å². The van der Waals surface area contributed by atoms with Gasteiger partial charge in [-0.05, 0) is 50.3 Å². The van der Waals surface area contributed by atoms with Crippen LogP contribution in [0.5, 0.6) is 0 Å². The van der Waals surface area contributed by atoms with E-state index in [9.17, 15) is 14.7 Å². The highest BCUT2D eigenvalue weighted by atomic mass is 16.4. The quantitative estimate of drug-likeness (QED) is 0.872. The summed E-state index contributed by atoms with van der Waals surface area (Å²) in [6.07, 6.45) is 3.16. The van der Waals surface area contributed by atoms with Crippen LogP contribution in [0.3, 0.4) is 0 Å². The molecule has 0 bridgehead atoms. The van der Waals surface area contributed by atoms with Crippen LogP contribution in [0.15, 0.2) is 12.1 Å². The van der Waals surface area contributed by atoms with E-state index in [0.717, 1.165) is 43.5 Å². The smallest absolute Gasteiger partial charge is 0.337 e. The van der Waals surface area contributed by atoms with Crippen LogP contribution in [0.2, 0.25) is 0 Å². The van der Waals surface area contributed by atoms with Gasteiger partial charge in [0.2, 0.25) is 0 Å². The predicted molar refractivity (Wildman–Crippen MR) is 77.3 cm³/mol. The Morgan fingerprint density at radius 3 is 2.40 bits per heavy atom. The molecule has 5 heteroatoms. The average molecular weight is 276 g/mol. The second kappa shape index (κ2) is 5.94. The van der Waals surface area contributed by atoms with Crippen LogP contribution in [0.25, 0.3) is 0 Å². The highest BCUT2D eigenvalue weighted by Crippen LogP contribution is 2.24. The summed E-state index contributed by atoms with van der Waals surface area (Å²) in [4.78, 5) is 25.3. The van der Waals surface area contributed by atoms with E-state index < -0.39 is 5.97 Å². The maximum atomic E-state index is 12.2. The van der Waals surface area contributed by atoms with Crippen molar-refractivity contribution in [1.29, 1.82) is 0 Å². The van der Waals surface area contributed by atoms with Crippen molar-refractivity contribution in [2.45, 2.75) is 33.1 Å². The molecule has 1 aromatic carbocycles. The lowest BCUT2D eigenvalue weighted by Gasteiger charge is -2.27. The average Bonchev–Trinajstić information content (AvgIpc) is 2.42. The fourth-order valence-corrected chi connectivity index (χ4v) is 2.59. The van der Waals surface area contributed by atoms with Crippen LogP contribution >= 0.6 is 0 Å². The molecule has 20 heavy (non-hydrogen) atoms. The summed E-state index contributed by atoms with van der Waals surface area (Å²) in [6, 6.07) is 3.25. The van der Waals surface area contributed by atoms with Gasteiger partial charge in [0.15, 0.2) is 0 Å². The second-order valence-electron chi connectivity index (χ2n) is 5.29. The van der Waals surface area contributed by atoms with Crippen molar-refractivity contribution in [3.8, 4) is 0 Å². The lowest BCUT2D eigenvalue weighted by molar-refractivity contribution is 0.0698. The van der Waals surface area contributed by atoms with E-state index in [2.05, 4.69) is 5.32 Å². The maximum Gasteiger partial charge on any atom is 0.337 e. The number of carbonyl (C=O) groups is 2. The molecule has 0 aliphatic carbocycles. The molecule has 1 saturated heterocycles. The number of nitrogens with one attached hydrogen (secondary N) is 1. The lowest BCUT2D eigenvalue weighted by atomic mass is 10.0. The molecule has 0 spiro atoms. The minimum absolute atomic E-state index is 0.146. The molecule has 1 heterocycles. The van der Waals surface area contributed by atoms with E-state index in [1.807, 2.05) is 19.9 Å². The molecule has 0 saturated carbocycles. The van der Waals surface area contributed by atoms with Crippen molar-refractivity contribution in [3.63, 3.8) is 0 Å². The molecule has 2 rings (SSSR count). The number of amides is 2. The normalized spacial score (nSPS) is 15.0. The fraction of sp³-hybridized carbons (Fsp3) is 0.467. The first kappa shape index (κ1) is 14.4. The standard InChI is InChI=1S/C15H20N2O3/c1-10-8-11(2)13(12(9-10)14(18)19)16-15(20)17-6-4-3-5-7-17/h8-9H,3-7H2,1-2H3,(H,16,20)(H,18,19). The van der Waals surface area contributed by atoms with E-state index >= 15 is 0 Å². The summed E-state index contributed by atoms with van der Waals surface area (Å²) in [5, 5.41) is 12.0. The third-order valence-electron chi connectivity index (χ3n) is 3.59. The molecule has 5 nitrogen and oxygen atoms in total. The fourth-order valence-electron chi connectivity index (χ4n) is 2.59. The van der Waals surface area contributed by atoms with Crippen molar-refractivity contribution in [3.05, 3.63) is 28.8 Å². The molecule has 0 atom stereocenters. The van der Waals surface area contributed by atoms with E-state index in [1.54, 1.807) is 11.0 Å². The molecule has 108 valence electrons. The van der Waals surface area contributed by atoms with Crippen LogP contribution in [-0.2, 0) is 0 Å². The summed E-state index contributed by atoms with van der Waals surface area (Å²) in [5.74, 6) is -1.02. The Hall–Kier alpha value is -2.04. The largest absolute Gasteiger partial charge is 0.478 e. The molecular weight excluding hydrogens is 256 g/mol. The number of benzene rings is 1. The number of hydrogen-bond acceptors (Lipinski definition) is 2. The van der Waals surface area contributed by atoms with Crippen molar-refractivity contribution in [2.75, 3.05) is 18.4 Å². The summed E-state index contributed by atoms with van der Waals surface area (Å²) in [6.45, 7) is 5.12. The van der Waals surface area contributed by atoms with Crippen LogP contribution in [0.4, 0.5) is 10.5 Å². The van der Waals surface area contributed by atoms with Gasteiger partial charge in [0.05, 0.1) is 11.3 Å². The molecule has 1 aromatic rings. The molecule has 0 radical (unpaired) electrons. The van der Waals surface area contributed by atoms with Gasteiger partial charge >= 0.3 is 12.0 Å². The number of carboxylic acid groups (broad SMARTS) is 1. The van der Waals surface area contributed by atoms with Crippen LogP contribution in [0.1, 0.15) is 40.7 Å². The zero-order valence-electron chi connectivity index (χ0n) is 11.9. The topological polar surface area (TPSA) is 69.6 Å². The van der Waals surface area contributed by atoms with Gasteiger partial charge in [-0.15, -0.1) is 0 Å². The maximum absolute atomic E-state index is 12.2. The number of rotatable bonds is 2. The third kappa shape index (κ3) is 3.10. The number of carbonyl (C=O) groups excluding carboxylic acids is 1. The van der Waals surface area contributed by atoms with Gasteiger partial charge in [-0.2, -0.15) is 0 Å². The summed E-state index contributed by atoms with van der Waals surface area (Å²) < 4.78 is 0. The van der Waals surface area contributed by atoms with Crippen LogP contribution in [0, 0.1) is 13.8 Å². The Balaban J connectivity index is 2.23. The van der Waals surface area contributed by atoms with Crippen molar-refractivity contribution in [2.24, 2.45) is 0 Å². The highest BCUT2D eigenvalue weighted by molar-refractivity contribution is 6.01. The number of anilines is 1. The van der Waals surface area contributed by atoms with E-state index in [1.165, 1.54) is 0 Å². The molecule has 1 fully saturated rings. The molecule has 2 amide bonds. The van der Waals surface area contributed by atoms with Gasteiger partial charge in [-0.3, -0.25) is 0 Å². The monoisotopic (exact) mass is 276 g/mol. The van der Waals surface area contributed by atoms with E-state index in [0.29, 0.717) is 5.69 Å². The molecular formula is C15H20N2O3. The number of urea groups is 1. The Kier molecular flexibility index (Phi) is 4.27. The number of likely N-dealkylation sites (tertiary alicyclic amines) is 1. The minimum Gasteiger partial charge on any atom is -0.478 e. The zero-order valence-corrected chi connectivity index (χ0v) is 11.9. The third-order valence-corrected chi connectivity index (χ3v) is 3.59. The Bertz CT molecular complexity index is 534. The summed E-state index contributed by atoms with van der Waals surface area (Å²) in [5.41, 5.74) is 2.19. The van der Waals surface area contributed by atoms with Gasteiger partial charge in [-0.25, -0.2) is 9.59 Å². The predicted octanol–water partition coefficient (Wildman–Crippen LogP) is 3.02. The summed E-state index contributed by atoms with van der Waals surface area (Å²) in [7, 11) is 0. The Morgan fingerprint density at radius 2 is 1.80 bits per heavy atom. The number of carboxylic acids is 1. The van der Waals surface area contributed by atoms with E-state index in [4.69, 9.17) is 0 Å². The van der Waals surface area contributed by atoms with Crippen molar-refractivity contribution >= 4 is 17.7 Å². The first-order valence-corrected chi connectivity index (χ1v) is 6.89. The van der Waals surface area contributed by atoms with Gasteiger partial charge in [0.25, 0.3) is 0 Å². The van der Waals surface area contributed by atoms with Crippen LogP contribution in [-0.4, -0.2) is 35.1 Å². The zero-order chi connectivity index (χ0) is 14.7. The highest BCUT2D eigenvalue weighted by Gasteiger charge is 2.20. The van der Waals surface area contributed by atoms with Crippen LogP contribution < -0.4 is 5.32 Å². The SMILES string of the molecule is Cc1cc(C)c(NC(=O)N2CCCCC2)c(C(=O)O)c1.